The number of ketones is 1. The van der Waals surface area contributed by atoms with E-state index < -0.39 is 23.5 Å². The Bertz CT molecular complexity index is 1750. The van der Waals surface area contributed by atoms with E-state index >= 15 is 0 Å². The van der Waals surface area contributed by atoms with Crippen LogP contribution in [0.5, 0.6) is 5.75 Å². The number of nitrogens with zero attached hydrogens (tertiary/aromatic N) is 3. The maximum atomic E-state index is 13.8. The molecular formula is C29H23N3O5S. The van der Waals surface area contributed by atoms with Crippen LogP contribution >= 0.6 is 11.3 Å². The molecule has 8 nitrogen and oxygen atoms in total. The maximum Gasteiger partial charge on any atom is 0.296 e. The minimum atomic E-state index is -0.989. The Labute approximate surface area is 221 Å². The highest BCUT2D eigenvalue weighted by Crippen LogP contribution is 2.44. The van der Waals surface area contributed by atoms with E-state index in [1.54, 1.807) is 48.7 Å². The van der Waals surface area contributed by atoms with Gasteiger partial charge in [-0.1, -0.05) is 49.4 Å². The molecule has 0 spiro atoms. The fourth-order valence-corrected chi connectivity index (χ4v) is 5.73. The number of para-hydroxylation sites is 1. The Morgan fingerprint density at radius 3 is 2.71 bits per heavy atom. The first-order valence-corrected chi connectivity index (χ1v) is 12.9. The number of benzene rings is 2. The highest BCUT2D eigenvalue weighted by Gasteiger charge is 2.47. The van der Waals surface area contributed by atoms with Crippen LogP contribution in [0, 0.1) is 0 Å². The number of carbonyl (C=O) groups is 2. The van der Waals surface area contributed by atoms with Crippen molar-refractivity contribution < 1.29 is 23.8 Å². The molecule has 3 aromatic heterocycles. The number of anilines is 1. The summed E-state index contributed by atoms with van der Waals surface area (Å²) >= 11 is 1.33. The quantitative estimate of drug-likeness (QED) is 0.257. The van der Waals surface area contributed by atoms with Crippen LogP contribution in [-0.4, -0.2) is 33.9 Å². The highest BCUT2D eigenvalue weighted by molar-refractivity contribution is 7.22. The third-order valence-corrected chi connectivity index (χ3v) is 7.66. The fourth-order valence-electron chi connectivity index (χ4n) is 4.68. The fraction of sp³-hybridized carbons (Fsp3) is 0.172. The SMILES string of the molecule is COc1cccc2cc(C(=O)C3=C(O)C(=O)N(c4nc5ccc(C(C)C)cc5s4)C3c3ccccn3)oc12. The number of fused-ring (bicyclic) bond motifs is 2. The molecule has 0 saturated carbocycles. The number of rotatable bonds is 6. The van der Waals surface area contributed by atoms with E-state index in [1.165, 1.54) is 23.3 Å². The van der Waals surface area contributed by atoms with Crippen molar-refractivity contribution in [3.63, 3.8) is 0 Å². The number of furan rings is 1. The van der Waals surface area contributed by atoms with Crippen molar-refractivity contribution in [2.24, 2.45) is 0 Å². The van der Waals surface area contributed by atoms with Gasteiger partial charge < -0.3 is 14.3 Å². The first-order valence-electron chi connectivity index (χ1n) is 12.1. The Balaban J connectivity index is 1.48. The number of pyridine rings is 1. The summed E-state index contributed by atoms with van der Waals surface area (Å²) in [7, 11) is 1.51. The van der Waals surface area contributed by atoms with E-state index in [-0.39, 0.29) is 11.3 Å². The van der Waals surface area contributed by atoms with E-state index in [2.05, 4.69) is 29.9 Å². The van der Waals surface area contributed by atoms with Crippen LogP contribution in [0.4, 0.5) is 5.13 Å². The first-order chi connectivity index (χ1) is 18.4. The number of ether oxygens (including phenoxy) is 1. The number of aliphatic hydroxyl groups excluding tert-OH is 1. The second-order valence-corrected chi connectivity index (χ2v) is 10.3. The molecule has 9 heteroatoms. The average molecular weight is 526 g/mol. The Kier molecular flexibility index (Phi) is 5.72. The summed E-state index contributed by atoms with van der Waals surface area (Å²) in [4.78, 5) is 37.8. The molecule has 1 aliphatic rings. The number of Topliss-reactive ketones (excluding diaryl/α,β-unsaturated/α-hetero) is 1. The van der Waals surface area contributed by atoms with Crippen LogP contribution in [0.25, 0.3) is 21.2 Å². The van der Waals surface area contributed by atoms with Gasteiger partial charge in [0.05, 0.1) is 28.6 Å². The van der Waals surface area contributed by atoms with Crippen molar-refractivity contribution in [3.05, 3.63) is 95.2 Å². The van der Waals surface area contributed by atoms with Gasteiger partial charge in [-0.25, -0.2) is 4.98 Å². The van der Waals surface area contributed by atoms with E-state index in [0.717, 1.165) is 15.8 Å². The molecule has 1 unspecified atom stereocenters. The summed E-state index contributed by atoms with van der Waals surface area (Å²) in [5, 5.41) is 12.1. The molecule has 2 aromatic carbocycles. The third kappa shape index (κ3) is 3.74. The zero-order valence-electron chi connectivity index (χ0n) is 20.8. The van der Waals surface area contributed by atoms with Crippen LogP contribution in [0.1, 0.15) is 47.6 Å². The second-order valence-electron chi connectivity index (χ2n) is 9.29. The minimum absolute atomic E-state index is 0.0208. The van der Waals surface area contributed by atoms with E-state index in [1.807, 2.05) is 12.1 Å². The van der Waals surface area contributed by atoms with E-state index in [0.29, 0.717) is 33.5 Å². The van der Waals surface area contributed by atoms with Gasteiger partial charge in [-0.05, 0) is 47.9 Å². The molecule has 1 atom stereocenters. The smallest absolute Gasteiger partial charge is 0.296 e. The van der Waals surface area contributed by atoms with E-state index in [9.17, 15) is 14.7 Å². The number of aromatic nitrogens is 2. The molecular weight excluding hydrogens is 502 g/mol. The van der Waals surface area contributed by atoms with Crippen molar-refractivity contribution in [2.45, 2.75) is 25.8 Å². The van der Waals surface area contributed by atoms with Gasteiger partial charge in [0.15, 0.2) is 28.0 Å². The first kappa shape index (κ1) is 23.9. The molecule has 0 aliphatic carbocycles. The average Bonchev–Trinajstić information content (AvgIpc) is 3.62. The van der Waals surface area contributed by atoms with Crippen LogP contribution in [0.3, 0.4) is 0 Å². The molecule has 5 aromatic rings. The molecule has 0 radical (unpaired) electrons. The van der Waals surface area contributed by atoms with Crippen LogP contribution < -0.4 is 9.64 Å². The normalized spacial score (nSPS) is 15.8. The van der Waals surface area contributed by atoms with Crippen LogP contribution in [-0.2, 0) is 4.79 Å². The third-order valence-electron chi connectivity index (χ3n) is 6.65. The number of aliphatic hydroxyl groups is 1. The largest absolute Gasteiger partial charge is 0.503 e. The zero-order valence-corrected chi connectivity index (χ0v) is 21.7. The van der Waals surface area contributed by atoms with Crippen molar-refractivity contribution >= 4 is 49.3 Å². The van der Waals surface area contributed by atoms with Gasteiger partial charge in [0.25, 0.3) is 5.91 Å². The summed E-state index contributed by atoms with van der Waals surface area (Å²) in [6, 6.07) is 17.1. The van der Waals surface area contributed by atoms with Gasteiger partial charge in [0.2, 0.25) is 5.78 Å². The minimum Gasteiger partial charge on any atom is -0.503 e. The van der Waals surface area contributed by atoms with Gasteiger partial charge in [-0.15, -0.1) is 0 Å². The van der Waals surface area contributed by atoms with Crippen molar-refractivity contribution in [1.29, 1.82) is 0 Å². The zero-order chi connectivity index (χ0) is 26.6. The Morgan fingerprint density at radius 2 is 1.97 bits per heavy atom. The second kappa shape index (κ2) is 9.11. The van der Waals surface area contributed by atoms with Crippen LogP contribution in [0.15, 0.2) is 82.6 Å². The van der Waals surface area contributed by atoms with Gasteiger partial charge >= 0.3 is 0 Å². The maximum absolute atomic E-state index is 13.8. The number of amides is 1. The molecule has 0 saturated heterocycles. The number of methoxy groups -OCH3 is 1. The predicted octanol–water partition coefficient (Wildman–Crippen LogP) is 6.35. The molecule has 190 valence electrons. The van der Waals surface area contributed by atoms with Gasteiger partial charge in [-0.3, -0.25) is 19.5 Å². The number of thiazole rings is 1. The summed E-state index contributed by atoms with van der Waals surface area (Å²) in [6.07, 6.45) is 1.58. The number of carbonyl (C=O) groups excluding carboxylic acids is 2. The Morgan fingerprint density at radius 1 is 1.13 bits per heavy atom. The monoisotopic (exact) mass is 525 g/mol. The summed E-state index contributed by atoms with van der Waals surface area (Å²) in [5.74, 6) is -1.21. The number of hydrogen-bond acceptors (Lipinski definition) is 8. The van der Waals surface area contributed by atoms with Crippen molar-refractivity contribution in [3.8, 4) is 5.75 Å². The standard InChI is InChI=1S/C29H23N3O5S/c1-15(2)16-10-11-18-22(14-16)38-29(31-18)32-24(19-8-4-5-12-30-19)23(26(34)28(32)35)25(33)21-13-17-7-6-9-20(36-3)27(17)37-21/h4-15,24,34H,1-3H3. The molecule has 1 N–H and O–H groups in total. The highest BCUT2D eigenvalue weighted by atomic mass is 32.1. The lowest BCUT2D eigenvalue weighted by atomic mass is 9.98. The lowest BCUT2D eigenvalue weighted by molar-refractivity contribution is -0.117. The van der Waals surface area contributed by atoms with Gasteiger partial charge in [0, 0.05) is 11.6 Å². The number of hydrogen-bond donors (Lipinski definition) is 1. The summed E-state index contributed by atoms with van der Waals surface area (Å²) < 4.78 is 12.1. The molecule has 4 heterocycles. The van der Waals surface area contributed by atoms with Crippen LogP contribution in [0.2, 0.25) is 0 Å². The van der Waals surface area contributed by atoms with Gasteiger partial charge in [0.1, 0.15) is 6.04 Å². The van der Waals surface area contributed by atoms with Crippen molar-refractivity contribution in [1.82, 2.24) is 9.97 Å². The van der Waals surface area contributed by atoms with Gasteiger partial charge in [-0.2, -0.15) is 0 Å². The molecule has 0 bridgehead atoms. The predicted molar refractivity (Wildman–Crippen MR) is 145 cm³/mol. The topological polar surface area (TPSA) is 106 Å². The molecule has 38 heavy (non-hydrogen) atoms. The molecule has 0 fully saturated rings. The molecule has 1 aliphatic heterocycles. The molecule has 1 amide bonds. The Hall–Kier alpha value is -4.50. The lowest BCUT2D eigenvalue weighted by Crippen LogP contribution is -2.31. The van der Waals surface area contributed by atoms with Crippen molar-refractivity contribution in [2.75, 3.05) is 12.0 Å². The lowest BCUT2D eigenvalue weighted by Gasteiger charge is -2.23. The summed E-state index contributed by atoms with van der Waals surface area (Å²) in [6.45, 7) is 4.22. The molecule has 6 rings (SSSR count). The van der Waals surface area contributed by atoms with E-state index in [4.69, 9.17) is 9.15 Å². The summed E-state index contributed by atoms with van der Waals surface area (Å²) in [5.41, 5.74) is 2.59.